The molecule has 1 aromatic rings. The van der Waals surface area contributed by atoms with Gasteiger partial charge in [-0.25, -0.2) is 0 Å². The smallest absolute Gasteiger partial charge is 0.273 e. The SMILES string of the molecule is C[C@@H]1CCCN(C(=O)c2c(Cl)cnn2C)C1. The third-order valence-corrected chi connectivity index (χ3v) is 3.32. The monoisotopic (exact) mass is 241 g/mol. The molecule has 2 heterocycles. The molecule has 16 heavy (non-hydrogen) atoms. The first-order valence-corrected chi connectivity index (χ1v) is 5.94. The van der Waals surface area contributed by atoms with Gasteiger partial charge < -0.3 is 4.90 Å². The fraction of sp³-hybridized carbons (Fsp3) is 0.636. The van der Waals surface area contributed by atoms with E-state index in [0.29, 0.717) is 16.6 Å². The van der Waals surface area contributed by atoms with Gasteiger partial charge in [-0.05, 0) is 18.8 Å². The van der Waals surface area contributed by atoms with Gasteiger partial charge in [0.25, 0.3) is 5.91 Å². The van der Waals surface area contributed by atoms with Crippen LogP contribution in [0.4, 0.5) is 0 Å². The highest BCUT2D eigenvalue weighted by molar-refractivity contribution is 6.33. The van der Waals surface area contributed by atoms with Crippen LogP contribution in [0.1, 0.15) is 30.3 Å². The number of hydrogen-bond acceptors (Lipinski definition) is 2. The van der Waals surface area contributed by atoms with Crippen LogP contribution in [0.3, 0.4) is 0 Å². The van der Waals surface area contributed by atoms with Crippen LogP contribution >= 0.6 is 11.6 Å². The van der Waals surface area contributed by atoms with Crippen LogP contribution in [-0.4, -0.2) is 33.7 Å². The summed E-state index contributed by atoms with van der Waals surface area (Å²) >= 11 is 5.96. The van der Waals surface area contributed by atoms with Crippen molar-refractivity contribution in [1.29, 1.82) is 0 Å². The molecule has 4 nitrogen and oxygen atoms in total. The predicted octanol–water partition coefficient (Wildman–Crippen LogP) is 1.95. The second-order valence-electron chi connectivity index (χ2n) is 4.46. The van der Waals surface area contributed by atoms with Gasteiger partial charge in [0.1, 0.15) is 5.69 Å². The average Bonchev–Trinajstić information content (AvgIpc) is 2.58. The van der Waals surface area contributed by atoms with Crippen LogP contribution < -0.4 is 0 Å². The largest absolute Gasteiger partial charge is 0.337 e. The lowest BCUT2D eigenvalue weighted by Crippen LogP contribution is -2.40. The van der Waals surface area contributed by atoms with Crippen molar-refractivity contribution in [2.24, 2.45) is 13.0 Å². The molecule has 1 aliphatic heterocycles. The fourth-order valence-corrected chi connectivity index (χ4v) is 2.42. The van der Waals surface area contributed by atoms with Gasteiger partial charge in [0.2, 0.25) is 0 Å². The Morgan fingerprint density at radius 1 is 1.62 bits per heavy atom. The highest BCUT2D eigenvalue weighted by Crippen LogP contribution is 2.21. The summed E-state index contributed by atoms with van der Waals surface area (Å²) in [5, 5.41) is 4.42. The van der Waals surface area contributed by atoms with Gasteiger partial charge in [0.15, 0.2) is 0 Å². The quantitative estimate of drug-likeness (QED) is 0.754. The zero-order valence-corrected chi connectivity index (χ0v) is 10.4. The first-order valence-electron chi connectivity index (χ1n) is 5.56. The van der Waals surface area contributed by atoms with Crippen molar-refractivity contribution in [1.82, 2.24) is 14.7 Å². The summed E-state index contributed by atoms with van der Waals surface area (Å²) in [6.45, 7) is 3.81. The zero-order chi connectivity index (χ0) is 11.7. The molecule has 0 N–H and O–H groups in total. The zero-order valence-electron chi connectivity index (χ0n) is 9.61. The first-order chi connectivity index (χ1) is 7.59. The lowest BCUT2D eigenvalue weighted by molar-refractivity contribution is 0.0672. The van der Waals surface area contributed by atoms with E-state index in [-0.39, 0.29) is 5.91 Å². The number of hydrogen-bond donors (Lipinski definition) is 0. The minimum Gasteiger partial charge on any atom is -0.337 e. The van der Waals surface area contributed by atoms with Gasteiger partial charge in [-0.1, -0.05) is 18.5 Å². The topological polar surface area (TPSA) is 38.1 Å². The Hall–Kier alpha value is -1.03. The Morgan fingerprint density at radius 3 is 2.94 bits per heavy atom. The minimum absolute atomic E-state index is 0.00319. The predicted molar refractivity (Wildman–Crippen MR) is 62.5 cm³/mol. The van der Waals surface area contributed by atoms with Gasteiger partial charge in [0, 0.05) is 20.1 Å². The molecule has 0 bridgehead atoms. The Labute approximate surface area is 100 Å². The fourth-order valence-electron chi connectivity index (χ4n) is 2.17. The van der Waals surface area contributed by atoms with Crippen LogP contribution in [0.15, 0.2) is 6.20 Å². The Balaban J connectivity index is 2.18. The number of rotatable bonds is 1. The number of piperidine rings is 1. The van der Waals surface area contributed by atoms with Crippen molar-refractivity contribution in [2.75, 3.05) is 13.1 Å². The molecule has 5 heteroatoms. The maximum Gasteiger partial charge on any atom is 0.273 e. The number of aromatic nitrogens is 2. The highest BCUT2D eigenvalue weighted by Gasteiger charge is 2.25. The van der Waals surface area contributed by atoms with E-state index in [1.165, 1.54) is 12.6 Å². The molecular formula is C11H16ClN3O. The van der Waals surface area contributed by atoms with Crippen LogP contribution in [0.2, 0.25) is 5.02 Å². The van der Waals surface area contributed by atoms with Gasteiger partial charge in [0.05, 0.1) is 11.2 Å². The highest BCUT2D eigenvalue weighted by atomic mass is 35.5. The number of halogens is 1. The lowest BCUT2D eigenvalue weighted by Gasteiger charge is -2.30. The molecule has 0 radical (unpaired) electrons. The van der Waals surface area contributed by atoms with E-state index in [1.54, 1.807) is 11.7 Å². The second kappa shape index (κ2) is 4.45. The molecule has 0 spiro atoms. The number of likely N-dealkylation sites (tertiary alicyclic amines) is 1. The maximum atomic E-state index is 12.2. The summed E-state index contributed by atoms with van der Waals surface area (Å²) in [5.41, 5.74) is 0.496. The average molecular weight is 242 g/mol. The standard InChI is InChI=1S/C11H16ClN3O/c1-8-4-3-5-15(7-8)11(16)10-9(12)6-13-14(10)2/h6,8H,3-5,7H2,1-2H3/t8-/m1/s1. The normalized spacial score (nSPS) is 21.2. The molecular weight excluding hydrogens is 226 g/mol. The van der Waals surface area contributed by atoms with E-state index in [4.69, 9.17) is 11.6 Å². The third kappa shape index (κ3) is 2.07. The van der Waals surface area contributed by atoms with Gasteiger partial charge >= 0.3 is 0 Å². The van der Waals surface area contributed by atoms with Crippen LogP contribution in [0, 0.1) is 5.92 Å². The third-order valence-electron chi connectivity index (χ3n) is 3.04. The summed E-state index contributed by atoms with van der Waals surface area (Å²) in [7, 11) is 1.74. The van der Waals surface area contributed by atoms with E-state index in [1.807, 2.05) is 4.90 Å². The number of nitrogens with zero attached hydrogens (tertiary/aromatic N) is 3. The molecule has 2 rings (SSSR count). The van der Waals surface area contributed by atoms with Crippen molar-refractivity contribution in [2.45, 2.75) is 19.8 Å². The van der Waals surface area contributed by atoms with E-state index < -0.39 is 0 Å². The molecule has 0 unspecified atom stereocenters. The second-order valence-corrected chi connectivity index (χ2v) is 4.87. The molecule has 1 saturated heterocycles. The summed E-state index contributed by atoms with van der Waals surface area (Å²) in [5.74, 6) is 0.571. The van der Waals surface area contributed by atoms with Crippen molar-refractivity contribution in [3.8, 4) is 0 Å². The summed E-state index contributed by atoms with van der Waals surface area (Å²) in [6, 6.07) is 0. The molecule has 0 aliphatic carbocycles. The molecule has 1 aromatic heterocycles. The van der Waals surface area contributed by atoms with Crippen molar-refractivity contribution < 1.29 is 4.79 Å². The summed E-state index contributed by atoms with van der Waals surface area (Å²) in [4.78, 5) is 14.1. The van der Waals surface area contributed by atoms with Gasteiger partial charge in [-0.15, -0.1) is 0 Å². The minimum atomic E-state index is -0.00319. The van der Waals surface area contributed by atoms with Crippen LogP contribution in [0.5, 0.6) is 0 Å². The maximum absolute atomic E-state index is 12.2. The molecule has 0 saturated carbocycles. The van der Waals surface area contributed by atoms with E-state index in [2.05, 4.69) is 12.0 Å². The summed E-state index contributed by atoms with van der Waals surface area (Å²) < 4.78 is 1.55. The molecule has 88 valence electrons. The Kier molecular flexibility index (Phi) is 3.19. The van der Waals surface area contributed by atoms with Crippen LogP contribution in [-0.2, 0) is 7.05 Å². The van der Waals surface area contributed by atoms with E-state index >= 15 is 0 Å². The molecule has 1 atom stereocenters. The summed E-state index contributed by atoms with van der Waals surface area (Å²) in [6.07, 6.45) is 3.79. The Morgan fingerprint density at radius 2 is 2.38 bits per heavy atom. The Bertz CT molecular complexity index is 382. The van der Waals surface area contributed by atoms with Gasteiger partial charge in [-0.3, -0.25) is 9.48 Å². The first kappa shape index (κ1) is 11.5. The molecule has 1 fully saturated rings. The van der Waals surface area contributed by atoms with Gasteiger partial charge in [-0.2, -0.15) is 5.10 Å². The van der Waals surface area contributed by atoms with Crippen LogP contribution in [0.25, 0.3) is 0 Å². The molecule has 1 amide bonds. The number of aryl methyl sites for hydroxylation is 1. The van der Waals surface area contributed by atoms with Crippen molar-refractivity contribution >= 4 is 17.5 Å². The molecule has 1 aliphatic rings. The number of amides is 1. The number of carbonyl (C=O) groups is 1. The molecule has 0 aromatic carbocycles. The van der Waals surface area contributed by atoms with Crippen molar-refractivity contribution in [3.63, 3.8) is 0 Å². The van der Waals surface area contributed by atoms with Crippen molar-refractivity contribution in [3.05, 3.63) is 16.9 Å². The van der Waals surface area contributed by atoms with E-state index in [0.717, 1.165) is 19.5 Å². The lowest BCUT2D eigenvalue weighted by atomic mass is 10.00. The van der Waals surface area contributed by atoms with E-state index in [9.17, 15) is 4.79 Å². The number of carbonyl (C=O) groups excluding carboxylic acids is 1.